The molecular weight excluding hydrogens is 596 g/mol. The van der Waals surface area contributed by atoms with E-state index in [1.165, 1.54) is 0 Å². The Hall–Kier alpha value is -1.39. The number of rotatable bonds is 7. The van der Waals surface area contributed by atoms with Gasteiger partial charge in [-0.2, -0.15) is 65.9 Å². The van der Waals surface area contributed by atoms with Crippen LogP contribution in [0.25, 0.3) is 0 Å². The van der Waals surface area contributed by atoms with Crippen LogP contribution in [0.2, 0.25) is 5.02 Å². The van der Waals surface area contributed by atoms with Gasteiger partial charge in [0.15, 0.2) is 5.78 Å². The van der Waals surface area contributed by atoms with E-state index in [2.05, 4.69) is 15.9 Å². The molecule has 0 aliphatic heterocycles. The molecule has 0 spiro atoms. The Morgan fingerprint density at radius 2 is 1.06 bits per heavy atom. The molecule has 0 saturated heterocycles. The number of ketones is 1. The third-order valence-electron chi connectivity index (χ3n) is 4.10. The van der Waals surface area contributed by atoms with E-state index in [-0.39, 0.29) is 0 Å². The summed E-state index contributed by atoms with van der Waals surface area (Å²) in [6.45, 7) is 0.357. The summed E-state index contributed by atoms with van der Waals surface area (Å²) in [5.41, 5.74) is -4.24. The van der Waals surface area contributed by atoms with E-state index >= 15 is 0 Å². The fourth-order valence-electron chi connectivity index (χ4n) is 2.33. The largest absolute Gasteiger partial charge is 0.460 e. The molecule has 0 heterocycles. The van der Waals surface area contributed by atoms with E-state index in [4.69, 9.17) is 11.6 Å². The van der Waals surface area contributed by atoms with Gasteiger partial charge in [-0.25, -0.2) is 0 Å². The van der Waals surface area contributed by atoms with Crippen molar-refractivity contribution in [2.24, 2.45) is 0 Å². The predicted molar refractivity (Wildman–Crippen MR) is 83.8 cm³/mol. The Kier molecular flexibility index (Phi) is 7.26. The van der Waals surface area contributed by atoms with Gasteiger partial charge >= 0.3 is 41.7 Å². The minimum Gasteiger partial charge on any atom is -0.294 e. The van der Waals surface area contributed by atoms with Crippen LogP contribution in [0.3, 0.4) is 0 Å². The molecule has 0 N–H and O–H groups in total. The normalized spacial score (nSPS) is 15.1. The second-order valence-corrected chi connectivity index (χ2v) is 7.54. The minimum atomic E-state index is -8.42. The van der Waals surface area contributed by atoms with Crippen molar-refractivity contribution in [1.82, 2.24) is 0 Å². The Balaban J connectivity index is 3.91. The molecule has 0 aromatic heterocycles. The van der Waals surface area contributed by atoms with E-state index in [9.17, 15) is 70.7 Å². The highest BCUT2D eigenvalue weighted by molar-refractivity contribution is 9.10. The maximum Gasteiger partial charge on any atom is 0.460 e. The number of hydrogen-bond donors (Lipinski definition) is 0. The van der Waals surface area contributed by atoms with Gasteiger partial charge in [-0.05, 0) is 19.1 Å². The molecule has 0 aliphatic rings. The van der Waals surface area contributed by atoms with Crippen molar-refractivity contribution < 1.29 is 70.7 Å². The molecule has 1 nitrogen and oxygen atoms in total. The van der Waals surface area contributed by atoms with Gasteiger partial charge < -0.3 is 0 Å². The molecule has 1 aromatic rings. The average molecular weight is 602 g/mol. The molecule has 1 rings (SSSR count). The summed E-state index contributed by atoms with van der Waals surface area (Å²) in [5.74, 6) is -49.3. The summed E-state index contributed by atoms with van der Waals surface area (Å²) in [6.07, 6.45) is -7.69. The summed E-state index contributed by atoms with van der Waals surface area (Å²) in [7, 11) is 0. The van der Waals surface area contributed by atoms with Gasteiger partial charge in [0.25, 0.3) is 0 Å². The van der Waals surface area contributed by atoms with Gasteiger partial charge in [-0.1, -0.05) is 27.5 Å². The van der Waals surface area contributed by atoms with Crippen LogP contribution < -0.4 is 0 Å². The molecule has 0 amide bonds. The van der Waals surface area contributed by atoms with Crippen LogP contribution in [0.4, 0.5) is 65.9 Å². The Bertz CT molecular complexity index is 938. The van der Waals surface area contributed by atoms with Crippen molar-refractivity contribution in [3.05, 3.63) is 32.8 Å². The topological polar surface area (TPSA) is 17.1 Å². The quantitative estimate of drug-likeness (QED) is 0.228. The maximum absolute atomic E-state index is 14.5. The molecular formula is C15H5BrClF15O. The van der Waals surface area contributed by atoms with Crippen molar-refractivity contribution in [3.63, 3.8) is 0 Å². The summed E-state index contributed by atoms with van der Waals surface area (Å²) in [6, 6.07) is 0.877. The molecule has 0 fully saturated rings. The molecule has 0 bridgehead atoms. The Morgan fingerprint density at radius 1 is 0.697 bits per heavy atom. The molecule has 0 radical (unpaired) electrons. The standard InChI is InChI=1S/C15H5BrClF15O/c1-4(33)7-6(17)3-2-5(16)8(7)9(18,19)10(20,21)11(22,23)12(24,25)13(26,27)14(28,29)15(30,31)32/h2-3H,1H3. The van der Waals surface area contributed by atoms with Gasteiger partial charge in [-0.3, -0.25) is 4.79 Å². The van der Waals surface area contributed by atoms with Crippen molar-refractivity contribution in [2.45, 2.75) is 48.6 Å². The molecule has 33 heavy (non-hydrogen) atoms. The fourth-order valence-corrected chi connectivity index (χ4v) is 3.20. The zero-order valence-electron chi connectivity index (χ0n) is 15.0. The highest BCUT2D eigenvalue weighted by Crippen LogP contribution is 2.64. The lowest BCUT2D eigenvalue weighted by Gasteiger charge is -2.41. The first-order valence-corrected chi connectivity index (χ1v) is 8.75. The monoisotopic (exact) mass is 600 g/mol. The van der Waals surface area contributed by atoms with Crippen molar-refractivity contribution >= 4 is 33.3 Å². The van der Waals surface area contributed by atoms with Crippen LogP contribution in [0.1, 0.15) is 22.8 Å². The number of halogens is 17. The molecule has 1 aromatic carbocycles. The van der Waals surface area contributed by atoms with Gasteiger partial charge in [-0.15, -0.1) is 0 Å². The first-order valence-electron chi connectivity index (χ1n) is 7.58. The van der Waals surface area contributed by atoms with Crippen LogP contribution in [0.5, 0.6) is 0 Å². The van der Waals surface area contributed by atoms with E-state index in [0.29, 0.717) is 19.1 Å². The Morgan fingerprint density at radius 3 is 1.42 bits per heavy atom. The number of carbonyl (C=O) groups is 1. The van der Waals surface area contributed by atoms with Crippen LogP contribution in [0.15, 0.2) is 16.6 Å². The Labute approximate surface area is 186 Å². The van der Waals surface area contributed by atoms with Crippen molar-refractivity contribution in [2.75, 3.05) is 0 Å². The lowest BCUT2D eigenvalue weighted by Crippen LogP contribution is -2.72. The number of carbonyl (C=O) groups excluding carboxylic acids is 1. The first kappa shape index (κ1) is 29.6. The summed E-state index contributed by atoms with van der Waals surface area (Å²) in [5, 5.41) is -1.14. The predicted octanol–water partition coefficient (Wildman–Crippen LogP) is 8.14. The van der Waals surface area contributed by atoms with Crippen LogP contribution in [-0.2, 0) is 5.92 Å². The van der Waals surface area contributed by atoms with E-state index in [0.717, 1.165) is 0 Å². The zero-order chi connectivity index (χ0) is 26.8. The third kappa shape index (κ3) is 3.95. The molecule has 0 saturated carbocycles. The molecule has 18 heteroatoms. The highest BCUT2D eigenvalue weighted by atomic mass is 79.9. The smallest absolute Gasteiger partial charge is 0.294 e. The molecule has 0 unspecified atom stereocenters. The van der Waals surface area contributed by atoms with Gasteiger partial charge in [0.05, 0.1) is 10.6 Å². The van der Waals surface area contributed by atoms with E-state index in [1.807, 2.05) is 0 Å². The zero-order valence-corrected chi connectivity index (χ0v) is 17.3. The summed E-state index contributed by atoms with van der Waals surface area (Å²) in [4.78, 5) is 11.5. The van der Waals surface area contributed by atoms with Crippen LogP contribution >= 0.6 is 27.5 Å². The second-order valence-electron chi connectivity index (χ2n) is 6.28. The molecule has 190 valence electrons. The van der Waals surface area contributed by atoms with Gasteiger partial charge in [0, 0.05) is 10.0 Å². The van der Waals surface area contributed by atoms with E-state index < -0.39 is 68.1 Å². The van der Waals surface area contributed by atoms with Gasteiger partial charge in [0.2, 0.25) is 0 Å². The van der Waals surface area contributed by atoms with Crippen molar-refractivity contribution in [3.8, 4) is 0 Å². The lowest BCUT2D eigenvalue weighted by atomic mass is 9.86. The number of hydrogen-bond acceptors (Lipinski definition) is 1. The summed E-state index contributed by atoms with van der Waals surface area (Å²) < 4.78 is 199. The lowest BCUT2D eigenvalue weighted by molar-refractivity contribution is -0.453. The van der Waals surface area contributed by atoms with Crippen LogP contribution in [0, 0.1) is 0 Å². The van der Waals surface area contributed by atoms with Crippen molar-refractivity contribution in [1.29, 1.82) is 0 Å². The number of Topliss-reactive ketones (excluding diaryl/α,β-unsaturated/α-hetero) is 1. The maximum atomic E-state index is 14.5. The first-order chi connectivity index (χ1) is 14.2. The second kappa shape index (κ2) is 8.09. The third-order valence-corrected chi connectivity index (χ3v) is 5.07. The summed E-state index contributed by atoms with van der Waals surface area (Å²) >= 11 is 7.46. The van der Waals surface area contributed by atoms with Crippen LogP contribution in [-0.4, -0.2) is 41.6 Å². The molecule has 0 atom stereocenters. The fraction of sp³-hybridized carbons (Fsp3) is 0.533. The highest BCUT2D eigenvalue weighted by Gasteiger charge is 2.93. The number of alkyl halides is 15. The molecule has 0 aliphatic carbocycles. The van der Waals surface area contributed by atoms with Gasteiger partial charge in [0.1, 0.15) is 0 Å². The number of benzene rings is 1. The SMILES string of the molecule is CC(=O)c1c(Cl)ccc(Br)c1C(F)(F)C(F)(F)C(F)(F)C(F)(F)C(F)(F)C(F)(F)C(F)(F)F. The van der Waals surface area contributed by atoms with E-state index in [1.54, 1.807) is 0 Å². The minimum absolute atomic E-state index is 0.316. The average Bonchev–Trinajstić information content (AvgIpc) is 2.60.